The van der Waals surface area contributed by atoms with E-state index >= 15 is 0 Å². The third kappa shape index (κ3) is 5.25. The molecule has 0 fully saturated rings. The van der Waals surface area contributed by atoms with Gasteiger partial charge in [0.1, 0.15) is 0 Å². The lowest BCUT2D eigenvalue weighted by atomic mass is 10.1. The highest BCUT2D eigenvalue weighted by Gasteiger charge is 2.05. The molecule has 0 heterocycles. The van der Waals surface area contributed by atoms with Crippen LogP contribution in [0.5, 0.6) is 0 Å². The third-order valence-corrected chi connectivity index (χ3v) is 4.67. The summed E-state index contributed by atoms with van der Waals surface area (Å²) in [6.45, 7) is 5.69. The van der Waals surface area contributed by atoms with Gasteiger partial charge in [0.25, 0.3) is 0 Å². The Balaban J connectivity index is 1.82. The predicted molar refractivity (Wildman–Crippen MR) is 96.3 cm³/mol. The van der Waals surface area contributed by atoms with Crippen molar-refractivity contribution in [1.82, 2.24) is 0 Å². The van der Waals surface area contributed by atoms with E-state index in [4.69, 9.17) is 0 Å². The molecule has 0 saturated heterocycles. The summed E-state index contributed by atoms with van der Waals surface area (Å²) >= 11 is 1.70. The van der Waals surface area contributed by atoms with Gasteiger partial charge in [0, 0.05) is 28.3 Å². The maximum absolute atomic E-state index is 12.0. The van der Waals surface area contributed by atoms with Gasteiger partial charge in [-0.2, -0.15) is 0 Å². The van der Waals surface area contributed by atoms with E-state index < -0.39 is 0 Å². The molecule has 0 bridgehead atoms. The monoisotopic (exact) mass is 327 g/mol. The van der Waals surface area contributed by atoms with Crippen molar-refractivity contribution in [2.24, 2.45) is 0 Å². The number of ketones is 1. The van der Waals surface area contributed by atoms with Crippen LogP contribution in [0.3, 0.4) is 0 Å². The maximum Gasteiger partial charge on any atom is 0.225 e. The molecule has 2 aromatic carbocycles. The Morgan fingerprint density at radius 3 is 2.35 bits per heavy atom. The fourth-order valence-corrected chi connectivity index (χ4v) is 3.18. The van der Waals surface area contributed by atoms with Gasteiger partial charge < -0.3 is 5.32 Å². The van der Waals surface area contributed by atoms with Crippen molar-refractivity contribution in [3.8, 4) is 0 Å². The Bertz CT molecular complexity index is 708. The summed E-state index contributed by atoms with van der Waals surface area (Å²) in [6, 6.07) is 13.3. The van der Waals surface area contributed by atoms with E-state index in [0.717, 1.165) is 11.4 Å². The average Bonchev–Trinajstić information content (AvgIpc) is 2.50. The highest BCUT2D eigenvalue weighted by molar-refractivity contribution is 7.99. The second kappa shape index (κ2) is 7.97. The molecule has 0 spiro atoms. The molecule has 0 atom stereocenters. The van der Waals surface area contributed by atoms with Crippen LogP contribution in [0.4, 0.5) is 5.69 Å². The van der Waals surface area contributed by atoms with Crippen molar-refractivity contribution >= 4 is 29.1 Å². The van der Waals surface area contributed by atoms with Gasteiger partial charge in [0.05, 0.1) is 0 Å². The van der Waals surface area contributed by atoms with E-state index in [1.165, 1.54) is 22.9 Å². The van der Waals surface area contributed by atoms with Crippen molar-refractivity contribution in [3.63, 3.8) is 0 Å². The number of amides is 1. The predicted octanol–water partition coefficient (Wildman–Crippen LogP) is 4.63. The summed E-state index contributed by atoms with van der Waals surface area (Å²) in [7, 11) is 0. The minimum Gasteiger partial charge on any atom is -0.326 e. The summed E-state index contributed by atoms with van der Waals surface area (Å²) < 4.78 is 0. The van der Waals surface area contributed by atoms with Crippen LogP contribution in [-0.4, -0.2) is 17.4 Å². The summed E-state index contributed by atoms with van der Waals surface area (Å²) in [4.78, 5) is 24.4. The number of carbonyl (C=O) groups excluding carboxylic acids is 2. The van der Waals surface area contributed by atoms with Crippen molar-refractivity contribution in [3.05, 3.63) is 59.2 Å². The molecule has 0 aliphatic heterocycles. The molecular formula is C19H21NO2S. The Labute approximate surface area is 141 Å². The lowest BCUT2D eigenvalue weighted by molar-refractivity contribution is -0.115. The standard InChI is InChI=1S/C19H21NO2S/c1-13-4-9-18(14(2)12-13)23-11-10-19(22)20-17-7-5-16(6-8-17)15(3)21/h4-9,12H,10-11H2,1-3H3,(H,20,22). The molecule has 2 rings (SSSR count). The molecule has 0 aliphatic rings. The minimum absolute atomic E-state index is 0.0159. The second-order valence-corrected chi connectivity index (χ2v) is 6.69. The van der Waals surface area contributed by atoms with Gasteiger partial charge in [-0.1, -0.05) is 17.7 Å². The SMILES string of the molecule is CC(=O)c1ccc(NC(=O)CCSc2ccc(C)cc2C)cc1. The normalized spacial score (nSPS) is 10.4. The van der Waals surface area contributed by atoms with Gasteiger partial charge in [0.15, 0.2) is 5.78 Å². The molecule has 1 N–H and O–H groups in total. The van der Waals surface area contributed by atoms with Gasteiger partial charge in [-0.3, -0.25) is 9.59 Å². The fraction of sp³-hybridized carbons (Fsp3) is 0.263. The number of Topliss-reactive ketones (excluding diaryl/α,β-unsaturated/α-hetero) is 1. The van der Waals surface area contributed by atoms with Crippen LogP contribution in [0.25, 0.3) is 0 Å². The van der Waals surface area contributed by atoms with E-state index in [0.29, 0.717) is 12.0 Å². The summed E-state index contributed by atoms with van der Waals surface area (Å²) in [5.74, 6) is 0.743. The zero-order valence-electron chi connectivity index (χ0n) is 13.7. The number of hydrogen-bond donors (Lipinski definition) is 1. The van der Waals surface area contributed by atoms with E-state index in [2.05, 4.69) is 37.4 Å². The number of carbonyl (C=O) groups is 2. The van der Waals surface area contributed by atoms with Gasteiger partial charge in [-0.25, -0.2) is 0 Å². The Morgan fingerprint density at radius 2 is 1.74 bits per heavy atom. The summed E-state index contributed by atoms with van der Waals surface area (Å²) in [5.41, 5.74) is 3.86. The zero-order chi connectivity index (χ0) is 16.8. The molecular weight excluding hydrogens is 306 g/mol. The van der Waals surface area contributed by atoms with Gasteiger partial charge in [-0.15, -0.1) is 11.8 Å². The molecule has 0 aliphatic carbocycles. The number of thioether (sulfide) groups is 1. The van der Waals surface area contributed by atoms with Crippen LogP contribution in [0.15, 0.2) is 47.4 Å². The molecule has 3 nitrogen and oxygen atoms in total. The Morgan fingerprint density at radius 1 is 1.04 bits per heavy atom. The molecule has 0 unspecified atom stereocenters. The smallest absolute Gasteiger partial charge is 0.225 e. The number of benzene rings is 2. The number of rotatable bonds is 6. The quantitative estimate of drug-likeness (QED) is 0.621. The van der Waals surface area contributed by atoms with Crippen molar-refractivity contribution in [1.29, 1.82) is 0 Å². The van der Waals surface area contributed by atoms with Crippen LogP contribution in [0, 0.1) is 13.8 Å². The van der Waals surface area contributed by atoms with Gasteiger partial charge >= 0.3 is 0 Å². The van der Waals surface area contributed by atoms with E-state index in [1.54, 1.807) is 36.0 Å². The number of aryl methyl sites for hydroxylation is 2. The van der Waals surface area contributed by atoms with Gasteiger partial charge in [0.2, 0.25) is 5.91 Å². The van der Waals surface area contributed by atoms with Crippen LogP contribution >= 0.6 is 11.8 Å². The van der Waals surface area contributed by atoms with Crippen molar-refractivity contribution < 1.29 is 9.59 Å². The summed E-state index contributed by atoms with van der Waals surface area (Å²) in [6.07, 6.45) is 0.451. The van der Waals surface area contributed by atoms with Crippen LogP contribution in [0.2, 0.25) is 0 Å². The first kappa shape index (κ1) is 17.3. The lowest BCUT2D eigenvalue weighted by Gasteiger charge is -2.08. The lowest BCUT2D eigenvalue weighted by Crippen LogP contribution is -2.12. The largest absolute Gasteiger partial charge is 0.326 e. The Hall–Kier alpha value is -2.07. The average molecular weight is 327 g/mol. The fourth-order valence-electron chi connectivity index (χ4n) is 2.23. The highest BCUT2D eigenvalue weighted by Crippen LogP contribution is 2.24. The second-order valence-electron chi connectivity index (χ2n) is 5.55. The summed E-state index contributed by atoms with van der Waals surface area (Å²) in [5, 5.41) is 2.85. The third-order valence-electron chi connectivity index (χ3n) is 3.49. The molecule has 120 valence electrons. The number of hydrogen-bond acceptors (Lipinski definition) is 3. The topological polar surface area (TPSA) is 46.2 Å². The Kier molecular flexibility index (Phi) is 5.99. The zero-order valence-corrected chi connectivity index (χ0v) is 14.5. The molecule has 1 amide bonds. The molecule has 0 aromatic heterocycles. The number of nitrogens with one attached hydrogen (secondary N) is 1. The molecule has 4 heteroatoms. The van der Waals surface area contributed by atoms with E-state index in [1.807, 2.05) is 0 Å². The maximum atomic E-state index is 12.0. The van der Waals surface area contributed by atoms with Crippen LogP contribution < -0.4 is 5.32 Å². The molecule has 0 radical (unpaired) electrons. The first-order valence-corrected chi connectivity index (χ1v) is 8.55. The van der Waals surface area contributed by atoms with Crippen molar-refractivity contribution in [2.45, 2.75) is 32.1 Å². The van der Waals surface area contributed by atoms with Crippen LogP contribution in [0.1, 0.15) is 34.8 Å². The van der Waals surface area contributed by atoms with E-state index in [-0.39, 0.29) is 11.7 Å². The minimum atomic E-state index is -0.0159. The molecule has 2 aromatic rings. The first-order chi connectivity index (χ1) is 11.0. The molecule has 23 heavy (non-hydrogen) atoms. The highest BCUT2D eigenvalue weighted by atomic mass is 32.2. The van der Waals surface area contributed by atoms with Crippen LogP contribution in [-0.2, 0) is 4.79 Å². The van der Waals surface area contributed by atoms with Crippen molar-refractivity contribution in [2.75, 3.05) is 11.1 Å². The number of anilines is 1. The van der Waals surface area contributed by atoms with E-state index in [9.17, 15) is 9.59 Å². The first-order valence-electron chi connectivity index (χ1n) is 7.56. The van der Waals surface area contributed by atoms with Gasteiger partial charge in [-0.05, 0) is 56.7 Å². The molecule has 0 saturated carbocycles.